The SMILES string of the molecule is CCN(CC(F)F)[C@H](CN)C(=O)Nc1ccc(N2CCOCC2=O)cc1OC(F)F. The number of anilines is 2. The number of amides is 2. The second-order valence-corrected chi connectivity index (χ2v) is 6.38. The zero-order valence-corrected chi connectivity index (χ0v) is 16.3. The van der Waals surface area contributed by atoms with Gasteiger partial charge in [0.1, 0.15) is 12.6 Å². The molecule has 0 saturated carbocycles. The van der Waals surface area contributed by atoms with Gasteiger partial charge in [-0.1, -0.05) is 6.92 Å². The highest BCUT2D eigenvalue weighted by atomic mass is 19.3. The van der Waals surface area contributed by atoms with Gasteiger partial charge in [0.2, 0.25) is 5.91 Å². The molecule has 0 unspecified atom stereocenters. The van der Waals surface area contributed by atoms with Crippen LogP contribution in [0.3, 0.4) is 0 Å². The van der Waals surface area contributed by atoms with Gasteiger partial charge in [-0.2, -0.15) is 8.78 Å². The van der Waals surface area contributed by atoms with E-state index in [1.54, 1.807) is 6.92 Å². The summed E-state index contributed by atoms with van der Waals surface area (Å²) in [7, 11) is 0. The van der Waals surface area contributed by atoms with Crippen LogP contribution in [-0.4, -0.2) is 75.2 Å². The molecule has 2 amide bonds. The number of likely N-dealkylation sites (N-methyl/N-ethyl adjacent to an activating group) is 1. The lowest BCUT2D eigenvalue weighted by Gasteiger charge is -2.29. The molecule has 1 aliphatic heterocycles. The summed E-state index contributed by atoms with van der Waals surface area (Å²) in [6, 6.07) is 2.85. The molecule has 0 aliphatic carbocycles. The Hall–Kier alpha value is -2.44. The van der Waals surface area contributed by atoms with E-state index in [0.717, 1.165) is 0 Å². The van der Waals surface area contributed by atoms with Crippen LogP contribution in [0.1, 0.15) is 6.92 Å². The van der Waals surface area contributed by atoms with Gasteiger partial charge in [0, 0.05) is 24.8 Å². The van der Waals surface area contributed by atoms with Crippen LogP contribution in [0.2, 0.25) is 0 Å². The number of hydrogen-bond acceptors (Lipinski definition) is 6. The van der Waals surface area contributed by atoms with E-state index in [9.17, 15) is 27.2 Å². The number of carbonyl (C=O) groups excluding carboxylic acids is 2. The fourth-order valence-corrected chi connectivity index (χ4v) is 3.06. The van der Waals surface area contributed by atoms with E-state index in [1.165, 1.54) is 28.0 Å². The molecule has 168 valence electrons. The Morgan fingerprint density at radius 1 is 1.37 bits per heavy atom. The average molecular weight is 436 g/mol. The molecule has 1 aromatic carbocycles. The highest BCUT2D eigenvalue weighted by molar-refractivity contribution is 5.98. The average Bonchev–Trinajstić information content (AvgIpc) is 2.68. The van der Waals surface area contributed by atoms with E-state index in [2.05, 4.69) is 10.1 Å². The Balaban J connectivity index is 2.26. The van der Waals surface area contributed by atoms with E-state index < -0.39 is 31.5 Å². The van der Waals surface area contributed by atoms with Gasteiger partial charge in [-0.3, -0.25) is 14.5 Å². The van der Waals surface area contributed by atoms with E-state index in [0.29, 0.717) is 5.69 Å². The minimum Gasteiger partial charge on any atom is -0.433 e. The van der Waals surface area contributed by atoms with Crippen LogP contribution < -0.4 is 20.7 Å². The predicted molar refractivity (Wildman–Crippen MR) is 101 cm³/mol. The van der Waals surface area contributed by atoms with Crippen molar-refractivity contribution in [2.45, 2.75) is 26.0 Å². The Morgan fingerprint density at radius 2 is 2.10 bits per heavy atom. The molecule has 3 N–H and O–H groups in total. The first-order valence-electron chi connectivity index (χ1n) is 9.26. The lowest BCUT2D eigenvalue weighted by atomic mass is 10.2. The van der Waals surface area contributed by atoms with Crippen molar-refractivity contribution in [3.8, 4) is 5.75 Å². The molecule has 1 fully saturated rings. The number of alkyl halides is 4. The lowest BCUT2D eigenvalue weighted by Crippen LogP contribution is -2.50. The maximum absolute atomic E-state index is 12.9. The van der Waals surface area contributed by atoms with Crippen LogP contribution in [0.15, 0.2) is 18.2 Å². The van der Waals surface area contributed by atoms with Crippen molar-refractivity contribution in [3.05, 3.63) is 18.2 Å². The summed E-state index contributed by atoms with van der Waals surface area (Å²) < 4.78 is 60.8. The normalized spacial score (nSPS) is 15.8. The van der Waals surface area contributed by atoms with Crippen LogP contribution in [0, 0.1) is 0 Å². The molecule has 12 heteroatoms. The van der Waals surface area contributed by atoms with E-state index >= 15 is 0 Å². The quantitative estimate of drug-likeness (QED) is 0.540. The maximum atomic E-state index is 12.9. The van der Waals surface area contributed by atoms with E-state index in [1.807, 2.05) is 0 Å². The summed E-state index contributed by atoms with van der Waals surface area (Å²) in [5, 5.41) is 2.40. The Labute approximate surface area is 170 Å². The number of rotatable bonds is 10. The molecule has 1 heterocycles. The summed E-state index contributed by atoms with van der Waals surface area (Å²) in [5.41, 5.74) is 5.77. The molecule has 0 aromatic heterocycles. The van der Waals surface area contributed by atoms with Crippen molar-refractivity contribution in [2.24, 2.45) is 5.73 Å². The molecule has 0 radical (unpaired) electrons. The number of nitrogens with zero attached hydrogens (tertiary/aromatic N) is 2. The first-order valence-corrected chi connectivity index (χ1v) is 9.26. The van der Waals surface area contributed by atoms with Gasteiger partial charge in [-0.05, 0) is 18.7 Å². The minimum absolute atomic E-state index is 0.101. The summed E-state index contributed by atoms with van der Waals surface area (Å²) in [6.07, 6.45) is -2.67. The van der Waals surface area contributed by atoms with Gasteiger partial charge in [0.05, 0.1) is 18.8 Å². The zero-order valence-electron chi connectivity index (χ0n) is 16.3. The number of nitrogens with two attached hydrogens (primary N) is 1. The molecule has 1 saturated heterocycles. The van der Waals surface area contributed by atoms with Gasteiger partial charge in [0.15, 0.2) is 5.75 Å². The highest BCUT2D eigenvalue weighted by Crippen LogP contribution is 2.32. The van der Waals surface area contributed by atoms with Crippen LogP contribution >= 0.6 is 0 Å². The number of hydrogen-bond donors (Lipinski definition) is 2. The third-order valence-corrected chi connectivity index (χ3v) is 4.48. The molecule has 2 rings (SSSR count). The van der Waals surface area contributed by atoms with Crippen LogP contribution in [0.4, 0.5) is 28.9 Å². The second-order valence-electron chi connectivity index (χ2n) is 6.38. The summed E-state index contributed by atoms with van der Waals surface area (Å²) in [5.74, 6) is -1.47. The van der Waals surface area contributed by atoms with Crippen molar-refractivity contribution in [1.29, 1.82) is 0 Å². The van der Waals surface area contributed by atoms with Crippen LogP contribution in [0.25, 0.3) is 0 Å². The molecule has 0 bridgehead atoms. The Morgan fingerprint density at radius 3 is 2.67 bits per heavy atom. The molecule has 1 aliphatic rings. The summed E-state index contributed by atoms with van der Waals surface area (Å²) in [6.45, 7) is -2.00. The number of ether oxygens (including phenoxy) is 2. The van der Waals surface area contributed by atoms with E-state index in [-0.39, 0.29) is 50.2 Å². The van der Waals surface area contributed by atoms with Crippen molar-refractivity contribution >= 4 is 23.2 Å². The molecule has 0 spiro atoms. The number of carbonyl (C=O) groups is 2. The van der Waals surface area contributed by atoms with Crippen LogP contribution in [0.5, 0.6) is 5.75 Å². The van der Waals surface area contributed by atoms with Crippen molar-refractivity contribution in [1.82, 2.24) is 4.90 Å². The summed E-state index contributed by atoms with van der Waals surface area (Å²) in [4.78, 5) is 27.1. The number of nitrogens with one attached hydrogen (secondary N) is 1. The molecule has 30 heavy (non-hydrogen) atoms. The van der Waals surface area contributed by atoms with Gasteiger partial charge in [0.25, 0.3) is 12.3 Å². The van der Waals surface area contributed by atoms with Crippen molar-refractivity contribution < 1.29 is 36.6 Å². The number of benzene rings is 1. The highest BCUT2D eigenvalue weighted by Gasteiger charge is 2.28. The topological polar surface area (TPSA) is 97.1 Å². The van der Waals surface area contributed by atoms with E-state index in [4.69, 9.17) is 10.5 Å². The first-order chi connectivity index (χ1) is 14.3. The van der Waals surface area contributed by atoms with Gasteiger partial charge in [-0.25, -0.2) is 8.78 Å². The standard InChI is InChI=1S/C18H24F4N4O4/c1-2-25(9-15(19)20)13(8-23)17(28)24-12-4-3-11(7-14(12)30-18(21)22)26-5-6-29-10-16(26)27/h3-4,7,13,15,18H,2,5-6,8-10,23H2,1H3,(H,24,28)/t13-/m1/s1. The largest absolute Gasteiger partial charge is 0.433 e. The second kappa shape index (κ2) is 11.1. The third-order valence-electron chi connectivity index (χ3n) is 4.48. The zero-order chi connectivity index (χ0) is 22.3. The molecule has 8 nitrogen and oxygen atoms in total. The van der Waals surface area contributed by atoms with Gasteiger partial charge < -0.3 is 25.4 Å². The monoisotopic (exact) mass is 436 g/mol. The summed E-state index contributed by atoms with van der Waals surface area (Å²) >= 11 is 0. The predicted octanol–water partition coefficient (Wildman–Crippen LogP) is 1.50. The number of morpholine rings is 1. The number of halogens is 4. The lowest BCUT2D eigenvalue weighted by molar-refractivity contribution is -0.125. The fourth-order valence-electron chi connectivity index (χ4n) is 3.06. The van der Waals surface area contributed by atoms with Crippen molar-refractivity contribution in [2.75, 3.05) is 49.6 Å². The van der Waals surface area contributed by atoms with Crippen LogP contribution in [-0.2, 0) is 14.3 Å². The Kier molecular flexibility index (Phi) is 8.81. The molecule has 1 atom stereocenters. The molecule has 1 aromatic rings. The minimum atomic E-state index is -3.19. The van der Waals surface area contributed by atoms with Gasteiger partial charge in [-0.15, -0.1) is 0 Å². The van der Waals surface area contributed by atoms with Crippen molar-refractivity contribution in [3.63, 3.8) is 0 Å². The van der Waals surface area contributed by atoms with Gasteiger partial charge >= 0.3 is 6.61 Å². The Bertz CT molecular complexity index is 738. The fraction of sp³-hybridized carbons (Fsp3) is 0.556. The third kappa shape index (κ3) is 6.28. The molecular formula is C18H24F4N4O4. The first kappa shape index (κ1) is 23.8. The maximum Gasteiger partial charge on any atom is 0.387 e. The smallest absolute Gasteiger partial charge is 0.387 e. The molecular weight excluding hydrogens is 412 g/mol.